The number of ether oxygens (including phenoxy) is 1. The molecule has 0 spiro atoms. The van der Waals surface area contributed by atoms with Gasteiger partial charge in [0, 0.05) is 23.3 Å². The first kappa shape index (κ1) is 24.6. The van der Waals surface area contributed by atoms with Gasteiger partial charge in [-0.2, -0.15) is 0 Å². The van der Waals surface area contributed by atoms with E-state index < -0.39 is 5.60 Å². The van der Waals surface area contributed by atoms with Gasteiger partial charge in [-0.05, 0) is 83.6 Å². The lowest BCUT2D eigenvalue weighted by atomic mass is 9.91. The Morgan fingerprint density at radius 2 is 1.83 bits per heavy atom. The van der Waals surface area contributed by atoms with Gasteiger partial charge in [-0.3, -0.25) is 0 Å². The van der Waals surface area contributed by atoms with E-state index in [1.807, 2.05) is 33.8 Å². The van der Waals surface area contributed by atoms with Crippen molar-refractivity contribution < 1.29 is 9.53 Å². The van der Waals surface area contributed by atoms with E-state index in [1.165, 1.54) is 0 Å². The highest BCUT2D eigenvalue weighted by Crippen LogP contribution is 2.27. The molecule has 0 unspecified atom stereocenters. The van der Waals surface area contributed by atoms with Gasteiger partial charge in [0.15, 0.2) is 0 Å². The van der Waals surface area contributed by atoms with Crippen LogP contribution in [0.2, 0.25) is 0 Å². The van der Waals surface area contributed by atoms with E-state index in [4.69, 9.17) is 20.4 Å². The van der Waals surface area contributed by atoms with Crippen LogP contribution in [0.3, 0.4) is 0 Å². The van der Waals surface area contributed by atoms with Crippen LogP contribution in [0.1, 0.15) is 64.6 Å². The second kappa shape index (κ2) is 10.0. The third-order valence-corrected chi connectivity index (χ3v) is 6.17. The highest BCUT2D eigenvalue weighted by Gasteiger charge is 2.25. The summed E-state index contributed by atoms with van der Waals surface area (Å²) < 4.78 is 5.37. The molecular formula is C26H35N7O2. The molecule has 9 nitrogen and oxygen atoms in total. The van der Waals surface area contributed by atoms with Crippen LogP contribution in [-0.4, -0.2) is 43.7 Å². The van der Waals surface area contributed by atoms with Crippen molar-refractivity contribution in [2.75, 3.05) is 11.1 Å². The van der Waals surface area contributed by atoms with Crippen molar-refractivity contribution >= 4 is 28.9 Å². The third kappa shape index (κ3) is 6.15. The molecule has 0 aliphatic heterocycles. The average Bonchev–Trinajstić information content (AvgIpc) is 2.78. The van der Waals surface area contributed by atoms with E-state index in [2.05, 4.69) is 33.6 Å². The molecule has 35 heavy (non-hydrogen) atoms. The van der Waals surface area contributed by atoms with Crippen molar-refractivity contribution in [2.45, 2.75) is 84.4 Å². The number of amides is 1. The maximum Gasteiger partial charge on any atom is 0.407 e. The summed E-state index contributed by atoms with van der Waals surface area (Å²) in [5.41, 5.74) is 10.7. The number of nitrogens with zero attached hydrogens (tertiary/aromatic N) is 4. The lowest BCUT2D eigenvalue weighted by molar-refractivity contribution is 0.0492. The molecule has 186 valence electrons. The lowest BCUT2D eigenvalue weighted by Gasteiger charge is -2.30. The number of alkyl carbamates (subject to hydrolysis) is 1. The second-order valence-electron chi connectivity index (χ2n) is 10.2. The van der Waals surface area contributed by atoms with Gasteiger partial charge in [0.2, 0.25) is 5.95 Å². The molecule has 0 saturated heterocycles. The summed E-state index contributed by atoms with van der Waals surface area (Å²) in [6.45, 7) is 9.65. The van der Waals surface area contributed by atoms with Crippen LogP contribution >= 0.6 is 0 Å². The number of aromatic nitrogens is 4. The van der Waals surface area contributed by atoms with E-state index in [-0.39, 0.29) is 18.2 Å². The molecule has 0 aromatic carbocycles. The van der Waals surface area contributed by atoms with Gasteiger partial charge in [0.05, 0.1) is 17.4 Å². The van der Waals surface area contributed by atoms with Crippen LogP contribution < -0.4 is 16.4 Å². The normalized spacial score (nSPS) is 18.3. The zero-order valence-corrected chi connectivity index (χ0v) is 21.2. The van der Waals surface area contributed by atoms with Crippen LogP contribution in [0.25, 0.3) is 22.3 Å². The SMILES string of the molecule is CCc1cc(-c2ccc(N)nc2C)nc2cnc(NC3CCC(NC(=O)OC(C)(C)C)CC3)nc12. The van der Waals surface area contributed by atoms with E-state index >= 15 is 0 Å². The number of aryl methyl sites for hydroxylation is 2. The zero-order valence-electron chi connectivity index (χ0n) is 21.2. The Kier molecular flexibility index (Phi) is 7.05. The highest BCUT2D eigenvalue weighted by atomic mass is 16.6. The maximum atomic E-state index is 12.0. The van der Waals surface area contributed by atoms with E-state index in [0.717, 1.165) is 65.7 Å². The van der Waals surface area contributed by atoms with Gasteiger partial charge in [0.25, 0.3) is 0 Å². The van der Waals surface area contributed by atoms with Crippen molar-refractivity contribution in [2.24, 2.45) is 0 Å². The quantitative estimate of drug-likeness (QED) is 0.479. The zero-order chi connectivity index (χ0) is 25.2. The first-order valence-electron chi connectivity index (χ1n) is 12.3. The Morgan fingerprint density at radius 3 is 2.49 bits per heavy atom. The predicted octanol–water partition coefficient (Wildman–Crippen LogP) is 4.79. The Hall–Kier alpha value is -3.49. The summed E-state index contributed by atoms with van der Waals surface area (Å²) in [5, 5.41) is 6.47. The summed E-state index contributed by atoms with van der Waals surface area (Å²) >= 11 is 0. The first-order valence-corrected chi connectivity index (χ1v) is 12.3. The average molecular weight is 478 g/mol. The summed E-state index contributed by atoms with van der Waals surface area (Å²) in [5.74, 6) is 1.10. The minimum absolute atomic E-state index is 0.126. The number of hydrogen-bond acceptors (Lipinski definition) is 8. The van der Waals surface area contributed by atoms with Crippen molar-refractivity contribution in [3.63, 3.8) is 0 Å². The largest absolute Gasteiger partial charge is 0.444 e. The fourth-order valence-corrected chi connectivity index (χ4v) is 4.46. The summed E-state index contributed by atoms with van der Waals surface area (Å²) in [6.07, 6.45) is 5.85. The minimum atomic E-state index is -0.492. The molecule has 1 saturated carbocycles. The highest BCUT2D eigenvalue weighted by molar-refractivity contribution is 5.82. The number of pyridine rings is 2. The van der Waals surface area contributed by atoms with Gasteiger partial charge in [-0.1, -0.05) is 6.92 Å². The van der Waals surface area contributed by atoms with E-state index in [9.17, 15) is 4.79 Å². The number of nitrogens with two attached hydrogens (primary N) is 1. The molecule has 1 aliphatic rings. The fraction of sp³-hybridized carbons (Fsp3) is 0.500. The standard InChI is InChI=1S/C26H35N7O2/c1-6-16-13-20(19-11-12-22(27)29-15(19)2)32-21-14-28-24(33-23(16)21)30-17-7-9-18(10-8-17)31-25(34)35-26(3,4)5/h11-14,17-18H,6-10H2,1-5H3,(H2,27,29)(H,31,34)(H,28,30,33). The summed E-state index contributed by atoms with van der Waals surface area (Å²) in [6, 6.07) is 6.20. The first-order chi connectivity index (χ1) is 16.6. The Morgan fingerprint density at radius 1 is 1.11 bits per heavy atom. The van der Waals surface area contributed by atoms with Crippen molar-refractivity contribution in [1.82, 2.24) is 25.3 Å². The molecule has 1 amide bonds. The number of hydrogen-bond donors (Lipinski definition) is 3. The Balaban J connectivity index is 1.44. The molecule has 4 N–H and O–H groups in total. The third-order valence-electron chi connectivity index (χ3n) is 6.17. The molecule has 9 heteroatoms. The summed E-state index contributed by atoms with van der Waals surface area (Å²) in [7, 11) is 0. The molecule has 0 atom stereocenters. The van der Waals surface area contributed by atoms with Gasteiger partial charge < -0.3 is 21.1 Å². The Bertz CT molecular complexity index is 1210. The smallest absolute Gasteiger partial charge is 0.407 e. The number of nitrogen functional groups attached to an aromatic ring is 1. The molecule has 3 aromatic heterocycles. The van der Waals surface area contributed by atoms with Crippen molar-refractivity contribution in [3.05, 3.63) is 35.7 Å². The van der Waals surface area contributed by atoms with Crippen molar-refractivity contribution in [3.8, 4) is 11.3 Å². The van der Waals surface area contributed by atoms with E-state index in [0.29, 0.717) is 11.8 Å². The molecule has 4 rings (SSSR count). The molecule has 1 fully saturated rings. The number of nitrogens with one attached hydrogen (secondary N) is 2. The number of fused-ring (bicyclic) bond motifs is 1. The van der Waals surface area contributed by atoms with Gasteiger partial charge >= 0.3 is 6.09 Å². The number of carbonyl (C=O) groups is 1. The van der Waals surface area contributed by atoms with E-state index in [1.54, 1.807) is 12.3 Å². The van der Waals surface area contributed by atoms with Crippen LogP contribution in [0, 0.1) is 6.92 Å². The molecule has 3 heterocycles. The van der Waals surface area contributed by atoms with Crippen LogP contribution in [-0.2, 0) is 11.2 Å². The lowest BCUT2D eigenvalue weighted by Crippen LogP contribution is -2.42. The van der Waals surface area contributed by atoms with Crippen LogP contribution in [0.15, 0.2) is 24.4 Å². The molecular weight excluding hydrogens is 442 g/mol. The Labute approximate surface area is 206 Å². The van der Waals surface area contributed by atoms with Crippen LogP contribution in [0.4, 0.5) is 16.6 Å². The molecule has 3 aromatic rings. The number of rotatable bonds is 5. The molecule has 0 bridgehead atoms. The molecule has 0 radical (unpaired) electrons. The predicted molar refractivity (Wildman–Crippen MR) is 138 cm³/mol. The van der Waals surface area contributed by atoms with Gasteiger partial charge in [-0.15, -0.1) is 0 Å². The van der Waals surface area contributed by atoms with Crippen LogP contribution in [0.5, 0.6) is 0 Å². The fourth-order valence-electron chi connectivity index (χ4n) is 4.46. The van der Waals surface area contributed by atoms with Gasteiger partial charge in [-0.25, -0.2) is 24.7 Å². The molecule has 1 aliphatic carbocycles. The second-order valence-corrected chi connectivity index (χ2v) is 10.2. The topological polar surface area (TPSA) is 128 Å². The van der Waals surface area contributed by atoms with Gasteiger partial charge in [0.1, 0.15) is 16.9 Å². The minimum Gasteiger partial charge on any atom is -0.444 e. The summed E-state index contributed by atoms with van der Waals surface area (Å²) in [4.78, 5) is 30.6. The van der Waals surface area contributed by atoms with Crippen molar-refractivity contribution in [1.29, 1.82) is 0 Å². The number of anilines is 2. The number of carbonyl (C=O) groups excluding carboxylic acids is 1. The monoisotopic (exact) mass is 477 g/mol. The maximum absolute atomic E-state index is 12.0.